The van der Waals surface area contributed by atoms with Crippen molar-refractivity contribution in [2.45, 2.75) is 38.1 Å². The van der Waals surface area contributed by atoms with Crippen molar-refractivity contribution in [2.75, 3.05) is 5.32 Å². The first-order valence-corrected chi connectivity index (χ1v) is 7.26. The van der Waals surface area contributed by atoms with Gasteiger partial charge in [-0.25, -0.2) is 4.98 Å². The van der Waals surface area contributed by atoms with Crippen molar-refractivity contribution in [1.29, 1.82) is 0 Å². The van der Waals surface area contributed by atoms with Crippen molar-refractivity contribution < 1.29 is 4.92 Å². The lowest BCUT2D eigenvalue weighted by atomic mass is 10.00. The van der Waals surface area contributed by atoms with Gasteiger partial charge in [0.2, 0.25) is 0 Å². The summed E-state index contributed by atoms with van der Waals surface area (Å²) in [5.74, 6) is 0. The highest BCUT2D eigenvalue weighted by atomic mass is 32.1. The highest BCUT2D eigenvalue weighted by Gasteiger charge is 2.31. The van der Waals surface area contributed by atoms with Gasteiger partial charge in [0.25, 0.3) is 0 Å². The van der Waals surface area contributed by atoms with Crippen LogP contribution in [0.2, 0.25) is 0 Å². The second kappa shape index (κ2) is 4.45. The number of aromatic nitrogens is 1. The third-order valence-corrected chi connectivity index (χ3v) is 4.60. The molecule has 1 N–H and O–H groups in total. The summed E-state index contributed by atoms with van der Waals surface area (Å²) in [6, 6.07) is 3.71. The van der Waals surface area contributed by atoms with E-state index in [-0.39, 0.29) is 16.1 Å². The molecule has 100 valence electrons. The zero-order chi connectivity index (χ0) is 13.5. The zero-order valence-electron chi connectivity index (χ0n) is 10.7. The van der Waals surface area contributed by atoms with Crippen LogP contribution in [0.1, 0.15) is 32.6 Å². The summed E-state index contributed by atoms with van der Waals surface area (Å²) in [6.45, 7) is 2.13. The molecule has 1 aromatic heterocycles. The third kappa shape index (κ3) is 2.16. The number of benzene rings is 1. The minimum absolute atomic E-state index is 0.0333. The standard InChI is InChI=1S/C13H15N3O2S/c1-13(6-2-3-7-13)15-9-4-5-10-11(14-8-19-10)12(9)16(17)18/h4-5,8,15H,2-3,6-7H2,1H3. The number of thiazole rings is 1. The summed E-state index contributed by atoms with van der Waals surface area (Å²) in [7, 11) is 0. The number of nitro groups is 1. The molecule has 0 aliphatic heterocycles. The Morgan fingerprint density at radius 2 is 2.16 bits per heavy atom. The van der Waals surface area contributed by atoms with E-state index >= 15 is 0 Å². The van der Waals surface area contributed by atoms with E-state index in [1.807, 2.05) is 12.1 Å². The van der Waals surface area contributed by atoms with Crippen LogP contribution in [0.3, 0.4) is 0 Å². The van der Waals surface area contributed by atoms with Gasteiger partial charge in [-0.15, -0.1) is 11.3 Å². The normalized spacial score (nSPS) is 17.7. The summed E-state index contributed by atoms with van der Waals surface area (Å²) in [6.07, 6.45) is 4.46. The van der Waals surface area contributed by atoms with Gasteiger partial charge in [-0.05, 0) is 31.9 Å². The third-order valence-electron chi connectivity index (χ3n) is 3.80. The van der Waals surface area contributed by atoms with Gasteiger partial charge in [-0.1, -0.05) is 12.8 Å². The van der Waals surface area contributed by atoms with E-state index < -0.39 is 0 Å². The molecule has 0 spiro atoms. The Labute approximate surface area is 114 Å². The number of fused-ring (bicyclic) bond motifs is 1. The molecule has 1 saturated carbocycles. The maximum Gasteiger partial charge on any atom is 0.319 e. The Morgan fingerprint density at radius 3 is 2.84 bits per heavy atom. The van der Waals surface area contributed by atoms with Crippen molar-refractivity contribution in [3.05, 3.63) is 27.8 Å². The molecule has 1 aliphatic carbocycles. The van der Waals surface area contributed by atoms with Gasteiger partial charge in [-0.2, -0.15) is 0 Å². The van der Waals surface area contributed by atoms with Gasteiger partial charge in [0.05, 0.1) is 15.1 Å². The van der Waals surface area contributed by atoms with Gasteiger partial charge in [0.15, 0.2) is 5.52 Å². The van der Waals surface area contributed by atoms with Gasteiger partial charge in [0.1, 0.15) is 5.69 Å². The van der Waals surface area contributed by atoms with E-state index in [1.54, 1.807) is 5.51 Å². The fourth-order valence-corrected chi connectivity index (χ4v) is 3.49. The molecule has 19 heavy (non-hydrogen) atoms. The van der Waals surface area contributed by atoms with Crippen LogP contribution in [0, 0.1) is 10.1 Å². The number of nitrogens with zero attached hydrogens (tertiary/aromatic N) is 2. The zero-order valence-corrected chi connectivity index (χ0v) is 11.5. The molecule has 1 heterocycles. The summed E-state index contributed by atoms with van der Waals surface area (Å²) < 4.78 is 0.855. The molecular weight excluding hydrogens is 262 g/mol. The molecular formula is C13H15N3O2S. The maximum absolute atomic E-state index is 11.3. The van der Waals surface area contributed by atoms with Gasteiger partial charge >= 0.3 is 5.69 Å². The summed E-state index contributed by atoms with van der Waals surface area (Å²) in [4.78, 5) is 15.1. The molecule has 5 nitrogen and oxygen atoms in total. The van der Waals surface area contributed by atoms with Crippen LogP contribution < -0.4 is 5.32 Å². The molecule has 1 aromatic carbocycles. The lowest BCUT2D eigenvalue weighted by Crippen LogP contribution is -2.31. The number of rotatable bonds is 3. The molecule has 6 heteroatoms. The first-order valence-electron chi connectivity index (χ1n) is 6.38. The van der Waals surface area contributed by atoms with Crippen molar-refractivity contribution in [2.24, 2.45) is 0 Å². The number of hydrogen-bond acceptors (Lipinski definition) is 5. The first-order chi connectivity index (χ1) is 9.09. The minimum atomic E-state index is -0.331. The molecule has 0 unspecified atom stereocenters. The van der Waals surface area contributed by atoms with E-state index in [9.17, 15) is 10.1 Å². The van der Waals surface area contributed by atoms with Crippen molar-refractivity contribution in [3.8, 4) is 0 Å². The van der Waals surface area contributed by atoms with E-state index in [0.29, 0.717) is 11.2 Å². The first kappa shape index (κ1) is 12.3. The topological polar surface area (TPSA) is 68.1 Å². The fourth-order valence-electron chi connectivity index (χ4n) is 2.81. The number of nitrogens with one attached hydrogen (secondary N) is 1. The summed E-state index contributed by atoms with van der Waals surface area (Å²) >= 11 is 1.43. The largest absolute Gasteiger partial charge is 0.374 e. The molecule has 0 bridgehead atoms. The van der Waals surface area contributed by atoms with Gasteiger partial charge < -0.3 is 5.32 Å². The SMILES string of the molecule is CC1(Nc2ccc3scnc3c2[N+](=O)[O-])CCCC1. The van der Waals surface area contributed by atoms with E-state index in [0.717, 1.165) is 17.5 Å². The van der Waals surface area contributed by atoms with Crippen molar-refractivity contribution in [3.63, 3.8) is 0 Å². The van der Waals surface area contributed by atoms with Gasteiger partial charge in [0, 0.05) is 5.54 Å². The highest BCUT2D eigenvalue weighted by molar-refractivity contribution is 7.16. The molecule has 0 amide bonds. The summed E-state index contributed by atoms with van der Waals surface area (Å²) in [5.41, 5.74) is 2.80. The Balaban J connectivity index is 2.07. The second-order valence-electron chi connectivity index (χ2n) is 5.31. The Hall–Kier alpha value is -1.69. The average Bonchev–Trinajstić information content (AvgIpc) is 2.97. The molecule has 0 atom stereocenters. The van der Waals surface area contributed by atoms with Crippen LogP contribution in [-0.2, 0) is 0 Å². The quantitative estimate of drug-likeness (QED) is 0.681. The lowest BCUT2D eigenvalue weighted by molar-refractivity contribution is -0.382. The monoisotopic (exact) mass is 277 g/mol. The predicted molar refractivity (Wildman–Crippen MR) is 76.8 cm³/mol. The van der Waals surface area contributed by atoms with Crippen molar-refractivity contribution >= 4 is 32.9 Å². The molecule has 1 fully saturated rings. The van der Waals surface area contributed by atoms with Crippen molar-refractivity contribution in [1.82, 2.24) is 4.98 Å². The Bertz CT molecular complexity index is 632. The maximum atomic E-state index is 11.3. The van der Waals surface area contributed by atoms with Crippen LogP contribution in [0.5, 0.6) is 0 Å². The predicted octanol–water partition coefficient (Wildman–Crippen LogP) is 3.95. The molecule has 1 aliphatic rings. The van der Waals surface area contributed by atoms with Crippen LogP contribution in [0.4, 0.5) is 11.4 Å². The number of nitro benzene ring substituents is 1. The van der Waals surface area contributed by atoms with E-state index in [2.05, 4.69) is 17.2 Å². The van der Waals surface area contributed by atoms with Crippen LogP contribution in [0.15, 0.2) is 17.6 Å². The molecule has 0 saturated heterocycles. The van der Waals surface area contributed by atoms with Crippen LogP contribution >= 0.6 is 11.3 Å². The lowest BCUT2D eigenvalue weighted by Gasteiger charge is -2.26. The number of hydrogen-bond donors (Lipinski definition) is 1. The molecule has 0 radical (unpaired) electrons. The second-order valence-corrected chi connectivity index (χ2v) is 6.20. The highest BCUT2D eigenvalue weighted by Crippen LogP contribution is 2.39. The summed E-state index contributed by atoms with van der Waals surface area (Å²) in [5, 5.41) is 14.7. The van der Waals surface area contributed by atoms with Gasteiger partial charge in [-0.3, -0.25) is 10.1 Å². The van der Waals surface area contributed by atoms with Crippen LogP contribution in [0.25, 0.3) is 10.2 Å². The fraction of sp³-hybridized carbons (Fsp3) is 0.462. The van der Waals surface area contributed by atoms with E-state index in [1.165, 1.54) is 24.2 Å². The van der Waals surface area contributed by atoms with Crippen LogP contribution in [-0.4, -0.2) is 15.4 Å². The smallest absolute Gasteiger partial charge is 0.319 e. The molecule has 3 rings (SSSR count). The van der Waals surface area contributed by atoms with E-state index in [4.69, 9.17) is 0 Å². The Morgan fingerprint density at radius 1 is 1.42 bits per heavy atom. The average molecular weight is 277 g/mol. The number of anilines is 1. The minimum Gasteiger partial charge on any atom is -0.374 e. The Kier molecular flexibility index (Phi) is 2.89. The molecule has 2 aromatic rings.